The summed E-state index contributed by atoms with van der Waals surface area (Å²) in [6.45, 7) is 0. The third kappa shape index (κ3) is 7.46. The average Bonchev–Trinajstić information content (AvgIpc) is 2.60. The number of carbonyl (C=O) groups is 2. The highest BCUT2D eigenvalue weighted by Crippen LogP contribution is 2.15. The summed E-state index contributed by atoms with van der Waals surface area (Å²) in [4.78, 5) is 23.4. The van der Waals surface area contributed by atoms with Crippen LogP contribution in [-0.4, -0.2) is 18.0 Å². The molecule has 2 rings (SSSR count). The number of allylic oxidation sites excluding steroid dienone is 1. The molecule has 2 aromatic carbocycles. The van der Waals surface area contributed by atoms with Gasteiger partial charge in [-0.1, -0.05) is 54.1 Å². The minimum absolute atomic E-state index is 0.0478. The number of benzene rings is 2. The third-order valence-electron chi connectivity index (χ3n) is 3.13. The fourth-order valence-corrected chi connectivity index (χ4v) is 2.13. The number of anilines is 1. The summed E-state index contributed by atoms with van der Waals surface area (Å²) < 4.78 is 0. The largest absolute Gasteiger partial charge is 0.326 e. The summed E-state index contributed by atoms with van der Waals surface area (Å²) in [5.74, 6) is -0.587. The first kappa shape index (κ1) is 18.4. The van der Waals surface area contributed by atoms with Crippen molar-refractivity contribution < 1.29 is 9.59 Å². The molecule has 0 aromatic heterocycles. The molecule has 0 saturated heterocycles. The molecule has 5 nitrogen and oxygen atoms in total. The Labute approximate surface area is 151 Å². The molecule has 2 N–H and O–H groups in total. The van der Waals surface area contributed by atoms with Gasteiger partial charge in [0.1, 0.15) is 0 Å². The van der Waals surface area contributed by atoms with Gasteiger partial charge < -0.3 is 5.32 Å². The Bertz CT molecular complexity index is 773. The van der Waals surface area contributed by atoms with Crippen molar-refractivity contribution in [1.29, 1.82) is 0 Å². The predicted molar refractivity (Wildman–Crippen MR) is 101 cm³/mol. The Morgan fingerprint density at radius 1 is 1.00 bits per heavy atom. The number of hydrogen-bond donors (Lipinski definition) is 2. The zero-order chi connectivity index (χ0) is 17.9. The second kappa shape index (κ2) is 10.1. The monoisotopic (exact) mass is 355 g/mol. The molecule has 0 spiro atoms. The van der Waals surface area contributed by atoms with Gasteiger partial charge in [-0.15, -0.1) is 0 Å². The molecule has 0 heterocycles. The Kier molecular flexibility index (Phi) is 7.41. The van der Waals surface area contributed by atoms with Crippen LogP contribution in [0.2, 0.25) is 5.02 Å². The fraction of sp³-hybridized carbons (Fsp3) is 0.105. The van der Waals surface area contributed by atoms with Crippen molar-refractivity contribution in [3.8, 4) is 0 Å². The summed E-state index contributed by atoms with van der Waals surface area (Å²) >= 11 is 5.84. The van der Waals surface area contributed by atoms with E-state index in [1.807, 2.05) is 36.4 Å². The van der Waals surface area contributed by atoms with Crippen LogP contribution in [0.15, 0.2) is 65.8 Å². The molecule has 0 aliphatic carbocycles. The third-order valence-corrected chi connectivity index (χ3v) is 3.36. The summed E-state index contributed by atoms with van der Waals surface area (Å²) in [5.41, 5.74) is 4.01. The number of amides is 2. The summed E-state index contributed by atoms with van der Waals surface area (Å²) in [5, 5.41) is 7.01. The van der Waals surface area contributed by atoms with E-state index in [1.54, 1.807) is 30.3 Å². The van der Waals surface area contributed by atoms with Crippen LogP contribution in [0, 0.1) is 0 Å². The van der Waals surface area contributed by atoms with Crippen LogP contribution in [0.4, 0.5) is 5.69 Å². The maximum atomic E-state index is 11.8. The van der Waals surface area contributed by atoms with Gasteiger partial charge >= 0.3 is 0 Å². The Hall–Kier alpha value is -2.92. The van der Waals surface area contributed by atoms with Crippen LogP contribution in [0.3, 0.4) is 0 Å². The van der Waals surface area contributed by atoms with E-state index < -0.39 is 0 Å². The van der Waals surface area contributed by atoms with Crippen molar-refractivity contribution in [1.82, 2.24) is 5.43 Å². The van der Waals surface area contributed by atoms with E-state index >= 15 is 0 Å². The number of carbonyl (C=O) groups excluding carboxylic acids is 2. The second-order valence-corrected chi connectivity index (χ2v) is 5.58. The zero-order valence-electron chi connectivity index (χ0n) is 13.5. The first-order valence-corrected chi connectivity index (χ1v) is 8.10. The van der Waals surface area contributed by atoms with E-state index in [4.69, 9.17) is 11.6 Å². The lowest BCUT2D eigenvalue weighted by atomic mass is 10.2. The van der Waals surface area contributed by atoms with Crippen LogP contribution in [0.1, 0.15) is 18.4 Å². The van der Waals surface area contributed by atoms with Crippen LogP contribution >= 0.6 is 11.6 Å². The maximum Gasteiger partial charge on any atom is 0.240 e. The van der Waals surface area contributed by atoms with Gasteiger partial charge in [-0.25, -0.2) is 5.43 Å². The van der Waals surface area contributed by atoms with Crippen molar-refractivity contribution in [2.45, 2.75) is 12.8 Å². The maximum absolute atomic E-state index is 11.8. The molecule has 0 radical (unpaired) electrons. The van der Waals surface area contributed by atoms with Crippen LogP contribution in [0.5, 0.6) is 0 Å². The minimum atomic E-state index is -0.328. The van der Waals surface area contributed by atoms with Gasteiger partial charge in [-0.2, -0.15) is 5.10 Å². The van der Waals surface area contributed by atoms with Crippen LogP contribution in [0.25, 0.3) is 6.08 Å². The number of nitrogens with zero attached hydrogens (tertiary/aromatic N) is 1. The Morgan fingerprint density at radius 2 is 1.76 bits per heavy atom. The van der Waals surface area contributed by atoms with E-state index in [0.29, 0.717) is 10.7 Å². The van der Waals surface area contributed by atoms with E-state index in [-0.39, 0.29) is 24.7 Å². The molecular weight excluding hydrogens is 338 g/mol. The summed E-state index contributed by atoms with van der Waals surface area (Å²) in [6.07, 6.45) is 5.19. The molecule has 0 aliphatic heterocycles. The molecule has 0 aliphatic rings. The zero-order valence-corrected chi connectivity index (χ0v) is 14.2. The number of hydrogen-bond acceptors (Lipinski definition) is 3. The van der Waals surface area contributed by atoms with E-state index in [0.717, 1.165) is 5.56 Å². The van der Waals surface area contributed by atoms with Crippen molar-refractivity contribution in [2.75, 3.05) is 5.32 Å². The molecule has 0 bridgehead atoms. The summed E-state index contributed by atoms with van der Waals surface area (Å²) in [6, 6.07) is 16.6. The highest BCUT2D eigenvalue weighted by Gasteiger charge is 2.06. The first-order chi connectivity index (χ1) is 12.1. The van der Waals surface area contributed by atoms with Crippen molar-refractivity contribution in [2.24, 2.45) is 5.10 Å². The molecule has 6 heteroatoms. The summed E-state index contributed by atoms with van der Waals surface area (Å²) in [7, 11) is 0. The average molecular weight is 356 g/mol. The standard InChI is InChI=1S/C19H18ClN3O2/c20-16-9-4-10-17(14-16)22-18(24)11-12-19(25)23-21-13-5-8-15-6-2-1-3-7-15/h1-10,13-14H,11-12H2,(H,22,24)(H,23,25)/b8-5+,21-13+. The molecule has 25 heavy (non-hydrogen) atoms. The van der Waals surface area contributed by atoms with Crippen molar-refractivity contribution >= 4 is 41.4 Å². The number of halogens is 1. The van der Waals surface area contributed by atoms with Crippen LogP contribution < -0.4 is 10.7 Å². The quantitative estimate of drug-likeness (QED) is 0.584. The molecule has 0 saturated carbocycles. The highest BCUT2D eigenvalue weighted by molar-refractivity contribution is 6.30. The highest BCUT2D eigenvalue weighted by atomic mass is 35.5. The molecule has 128 valence electrons. The lowest BCUT2D eigenvalue weighted by Crippen LogP contribution is -2.20. The van der Waals surface area contributed by atoms with E-state index in [1.165, 1.54) is 6.21 Å². The molecule has 0 unspecified atom stereocenters. The molecular formula is C19H18ClN3O2. The van der Waals surface area contributed by atoms with Crippen LogP contribution in [-0.2, 0) is 9.59 Å². The predicted octanol–water partition coefficient (Wildman–Crippen LogP) is 3.87. The topological polar surface area (TPSA) is 70.6 Å². The normalized spacial score (nSPS) is 10.9. The van der Waals surface area contributed by atoms with Gasteiger partial charge in [0, 0.05) is 29.8 Å². The first-order valence-electron chi connectivity index (χ1n) is 7.72. The minimum Gasteiger partial charge on any atom is -0.326 e. The Balaban J connectivity index is 1.67. The molecule has 2 aromatic rings. The van der Waals surface area contributed by atoms with Gasteiger partial charge in [0.05, 0.1) is 0 Å². The lowest BCUT2D eigenvalue weighted by molar-refractivity contribution is -0.124. The van der Waals surface area contributed by atoms with Gasteiger partial charge in [0.25, 0.3) is 0 Å². The Morgan fingerprint density at radius 3 is 2.52 bits per heavy atom. The van der Waals surface area contributed by atoms with Crippen molar-refractivity contribution in [3.05, 3.63) is 71.3 Å². The van der Waals surface area contributed by atoms with Gasteiger partial charge in [-0.05, 0) is 29.8 Å². The SMILES string of the molecule is O=C(CCC(=O)Nc1cccc(Cl)c1)N/N=C/C=C/c1ccccc1. The number of rotatable bonds is 7. The number of hydrazone groups is 1. The van der Waals surface area contributed by atoms with E-state index in [9.17, 15) is 9.59 Å². The van der Waals surface area contributed by atoms with Crippen molar-refractivity contribution in [3.63, 3.8) is 0 Å². The van der Waals surface area contributed by atoms with Gasteiger partial charge in [0.15, 0.2) is 0 Å². The van der Waals surface area contributed by atoms with E-state index in [2.05, 4.69) is 15.8 Å². The molecule has 2 amide bonds. The van der Waals surface area contributed by atoms with Gasteiger partial charge in [-0.3, -0.25) is 9.59 Å². The fourth-order valence-electron chi connectivity index (χ4n) is 1.94. The smallest absolute Gasteiger partial charge is 0.240 e. The molecule has 0 atom stereocenters. The molecule has 0 fully saturated rings. The van der Waals surface area contributed by atoms with Gasteiger partial charge in [0.2, 0.25) is 11.8 Å². The second-order valence-electron chi connectivity index (χ2n) is 5.14. The lowest BCUT2D eigenvalue weighted by Gasteiger charge is -2.05. The number of nitrogens with one attached hydrogen (secondary N) is 2.